The molecule has 7 heteroatoms. The summed E-state index contributed by atoms with van der Waals surface area (Å²) in [5, 5.41) is 9.66. The smallest absolute Gasteiger partial charge is 0.243 e. The van der Waals surface area contributed by atoms with Gasteiger partial charge in [0, 0.05) is 25.8 Å². The molecule has 1 amide bonds. The quantitative estimate of drug-likeness (QED) is 0.855. The Kier molecular flexibility index (Phi) is 3.51. The van der Waals surface area contributed by atoms with Crippen LogP contribution in [0.3, 0.4) is 0 Å². The molecule has 0 radical (unpaired) electrons. The van der Waals surface area contributed by atoms with E-state index in [1.807, 2.05) is 0 Å². The van der Waals surface area contributed by atoms with Crippen molar-refractivity contribution in [2.75, 3.05) is 25.0 Å². The van der Waals surface area contributed by atoms with Gasteiger partial charge in [0.25, 0.3) is 0 Å². The highest BCUT2D eigenvalue weighted by Crippen LogP contribution is 2.31. The van der Waals surface area contributed by atoms with E-state index in [4.69, 9.17) is 0 Å². The van der Waals surface area contributed by atoms with Crippen molar-refractivity contribution in [3.05, 3.63) is 23.8 Å². The maximum atomic E-state index is 12.6. The highest BCUT2D eigenvalue weighted by atomic mass is 32.2. The minimum atomic E-state index is -3.61. The van der Waals surface area contributed by atoms with Crippen LogP contribution in [0.15, 0.2) is 23.1 Å². The maximum Gasteiger partial charge on any atom is 0.243 e. The number of piperidine rings is 1. The second-order valence-corrected chi connectivity index (χ2v) is 7.52. The third-order valence-electron chi connectivity index (χ3n) is 4.13. The number of hydrogen-bond acceptors (Lipinski definition) is 4. The molecule has 0 unspecified atom stereocenters. The standard InChI is InChI=1S/C14H18N2O4S/c1-15-13-5-4-12(7-10(13)8-14(15)18)21(19,20)16-6-2-3-11(17)9-16/h4-5,7,11,17H,2-3,6,8-9H2,1H3/t11-/m0/s1. The number of benzene rings is 1. The van der Waals surface area contributed by atoms with Gasteiger partial charge in [-0.25, -0.2) is 8.42 Å². The zero-order valence-electron chi connectivity index (χ0n) is 11.8. The molecule has 2 heterocycles. The zero-order chi connectivity index (χ0) is 15.2. The van der Waals surface area contributed by atoms with Gasteiger partial charge < -0.3 is 10.0 Å². The SMILES string of the molecule is CN1C(=O)Cc2cc(S(=O)(=O)N3CCC[C@H](O)C3)ccc21. The zero-order valence-corrected chi connectivity index (χ0v) is 12.6. The molecule has 1 saturated heterocycles. The van der Waals surface area contributed by atoms with Crippen molar-refractivity contribution in [1.82, 2.24) is 4.31 Å². The minimum absolute atomic E-state index is 0.0343. The van der Waals surface area contributed by atoms with E-state index in [-0.39, 0.29) is 23.8 Å². The van der Waals surface area contributed by atoms with Crippen LogP contribution < -0.4 is 4.90 Å². The number of amides is 1. The Morgan fingerprint density at radius 1 is 1.33 bits per heavy atom. The molecule has 1 N–H and O–H groups in total. The highest BCUT2D eigenvalue weighted by molar-refractivity contribution is 7.89. The molecule has 0 aromatic heterocycles. The molecule has 1 aromatic rings. The van der Waals surface area contributed by atoms with Gasteiger partial charge in [0.1, 0.15) is 0 Å². The first-order chi connectivity index (χ1) is 9.89. The summed E-state index contributed by atoms with van der Waals surface area (Å²) < 4.78 is 26.5. The van der Waals surface area contributed by atoms with E-state index in [1.165, 1.54) is 15.3 Å². The van der Waals surface area contributed by atoms with E-state index in [2.05, 4.69) is 0 Å². The molecule has 2 aliphatic rings. The Bertz CT molecular complexity index is 686. The summed E-state index contributed by atoms with van der Waals surface area (Å²) >= 11 is 0. The second-order valence-electron chi connectivity index (χ2n) is 5.58. The summed E-state index contributed by atoms with van der Waals surface area (Å²) in [4.78, 5) is 13.4. The van der Waals surface area contributed by atoms with Crippen LogP contribution in [-0.4, -0.2) is 50.0 Å². The normalized spacial score (nSPS) is 23.4. The minimum Gasteiger partial charge on any atom is -0.392 e. The Labute approximate surface area is 124 Å². The first-order valence-corrected chi connectivity index (χ1v) is 8.41. The highest BCUT2D eigenvalue weighted by Gasteiger charge is 2.31. The predicted molar refractivity (Wildman–Crippen MR) is 77.6 cm³/mol. The first-order valence-electron chi connectivity index (χ1n) is 6.97. The van der Waals surface area contributed by atoms with Crippen LogP contribution in [0, 0.1) is 0 Å². The third-order valence-corrected chi connectivity index (χ3v) is 5.99. The van der Waals surface area contributed by atoms with Gasteiger partial charge in [-0.05, 0) is 36.6 Å². The van der Waals surface area contributed by atoms with Crippen LogP contribution in [0.5, 0.6) is 0 Å². The van der Waals surface area contributed by atoms with Crippen molar-refractivity contribution < 1.29 is 18.3 Å². The number of fused-ring (bicyclic) bond motifs is 1. The number of rotatable bonds is 2. The number of β-amino-alcohol motifs (C(OH)–C–C–N with tert-alkyl or cyclic N) is 1. The van der Waals surface area contributed by atoms with E-state index in [0.29, 0.717) is 19.4 Å². The first kappa shape index (κ1) is 14.5. The fourth-order valence-corrected chi connectivity index (χ4v) is 4.46. The van der Waals surface area contributed by atoms with Gasteiger partial charge in [-0.1, -0.05) is 0 Å². The molecular weight excluding hydrogens is 292 g/mol. The van der Waals surface area contributed by atoms with Crippen LogP contribution in [0.4, 0.5) is 5.69 Å². The summed E-state index contributed by atoms with van der Waals surface area (Å²) in [5.74, 6) is -0.0343. The number of carbonyl (C=O) groups excluding carboxylic acids is 1. The summed E-state index contributed by atoms with van der Waals surface area (Å²) in [5.41, 5.74) is 1.50. The number of anilines is 1. The predicted octanol–water partition coefficient (Wildman–Crippen LogP) is 0.351. The molecule has 2 aliphatic heterocycles. The molecule has 6 nitrogen and oxygen atoms in total. The van der Waals surface area contributed by atoms with Gasteiger partial charge in [-0.2, -0.15) is 4.31 Å². The maximum absolute atomic E-state index is 12.6. The van der Waals surface area contributed by atoms with Crippen LogP contribution in [-0.2, 0) is 21.2 Å². The van der Waals surface area contributed by atoms with Crippen LogP contribution in [0.1, 0.15) is 18.4 Å². The van der Waals surface area contributed by atoms with Gasteiger partial charge in [0.15, 0.2) is 0 Å². The van der Waals surface area contributed by atoms with E-state index < -0.39 is 16.1 Å². The molecule has 0 spiro atoms. The molecular formula is C14H18N2O4S. The Morgan fingerprint density at radius 3 is 2.81 bits per heavy atom. The number of likely N-dealkylation sites (N-methyl/N-ethyl adjacent to an activating group) is 1. The average Bonchev–Trinajstić information content (AvgIpc) is 2.73. The van der Waals surface area contributed by atoms with Crippen molar-refractivity contribution in [2.24, 2.45) is 0 Å². The summed E-state index contributed by atoms with van der Waals surface area (Å²) in [7, 11) is -1.92. The van der Waals surface area contributed by atoms with Crippen molar-refractivity contribution in [3.63, 3.8) is 0 Å². The fraction of sp³-hybridized carbons (Fsp3) is 0.500. The molecule has 1 atom stereocenters. The Balaban J connectivity index is 1.94. The number of hydrogen-bond donors (Lipinski definition) is 1. The Morgan fingerprint density at radius 2 is 2.10 bits per heavy atom. The Hall–Kier alpha value is -1.44. The van der Waals surface area contributed by atoms with E-state index in [1.54, 1.807) is 19.2 Å². The summed E-state index contributed by atoms with van der Waals surface area (Å²) in [6, 6.07) is 4.78. The molecule has 3 rings (SSSR count). The molecule has 1 fully saturated rings. The molecule has 1 aromatic carbocycles. The van der Waals surface area contributed by atoms with Crippen LogP contribution >= 0.6 is 0 Å². The lowest BCUT2D eigenvalue weighted by Gasteiger charge is -2.29. The molecule has 0 aliphatic carbocycles. The monoisotopic (exact) mass is 310 g/mol. The number of aliphatic hydroxyl groups is 1. The average molecular weight is 310 g/mol. The lowest BCUT2D eigenvalue weighted by atomic mass is 10.1. The van der Waals surface area contributed by atoms with Gasteiger partial charge in [0.05, 0.1) is 17.4 Å². The van der Waals surface area contributed by atoms with Crippen molar-refractivity contribution in [1.29, 1.82) is 0 Å². The topological polar surface area (TPSA) is 77.9 Å². The van der Waals surface area contributed by atoms with Gasteiger partial charge in [-0.15, -0.1) is 0 Å². The molecule has 21 heavy (non-hydrogen) atoms. The van der Waals surface area contributed by atoms with Crippen molar-refractivity contribution in [3.8, 4) is 0 Å². The molecule has 114 valence electrons. The number of aliphatic hydroxyl groups excluding tert-OH is 1. The van der Waals surface area contributed by atoms with E-state index >= 15 is 0 Å². The lowest BCUT2D eigenvalue weighted by Crippen LogP contribution is -2.42. The number of carbonyl (C=O) groups is 1. The number of sulfonamides is 1. The summed E-state index contributed by atoms with van der Waals surface area (Å²) in [6.07, 6.45) is 0.926. The van der Waals surface area contributed by atoms with Gasteiger partial charge >= 0.3 is 0 Å². The fourth-order valence-electron chi connectivity index (χ4n) is 2.90. The van der Waals surface area contributed by atoms with E-state index in [9.17, 15) is 18.3 Å². The van der Waals surface area contributed by atoms with Crippen molar-refractivity contribution >= 4 is 21.6 Å². The van der Waals surface area contributed by atoms with Crippen LogP contribution in [0.2, 0.25) is 0 Å². The molecule has 0 bridgehead atoms. The van der Waals surface area contributed by atoms with Gasteiger partial charge in [0.2, 0.25) is 15.9 Å². The molecule has 0 saturated carbocycles. The van der Waals surface area contributed by atoms with Crippen molar-refractivity contribution in [2.45, 2.75) is 30.3 Å². The largest absolute Gasteiger partial charge is 0.392 e. The van der Waals surface area contributed by atoms with Crippen LogP contribution in [0.25, 0.3) is 0 Å². The second kappa shape index (κ2) is 5.08. The van der Waals surface area contributed by atoms with E-state index in [0.717, 1.165) is 11.3 Å². The number of nitrogens with zero attached hydrogens (tertiary/aromatic N) is 2. The van der Waals surface area contributed by atoms with Gasteiger partial charge in [-0.3, -0.25) is 4.79 Å². The third kappa shape index (κ3) is 2.45. The summed E-state index contributed by atoms with van der Waals surface area (Å²) in [6.45, 7) is 0.563. The lowest BCUT2D eigenvalue weighted by molar-refractivity contribution is -0.117.